The largest absolute Gasteiger partial charge is 0.496 e. The van der Waals surface area contributed by atoms with Crippen LogP contribution in [0.2, 0.25) is 0 Å². The number of carbonyl (C=O) groups is 1. The Morgan fingerprint density at radius 2 is 2.06 bits per heavy atom. The van der Waals surface area contributed by atoms with Crippen LogP contribution in [0.4, 0.5) is 13.2 Å². The number of ether oxygens (including phenoxy) is 1. The minimum Gasteiger partial charge on any atom is -0.496 e. The summed E-state index contributed by atoms with van der Waals surface area (Å²) >= 11 is 0. The lowest BCUT2D eigenvalue weighted by Crippen LogP contribution is -2.13. The van der Waals surface area contributed by atoms with Crippen LogP contribution in [0.3, 0.4) is 0 Å². The van der Waals surface area contributed by atoms with E-state index in [1.165, 1.54) is 6.07 Å². The van der Waals surface area contributed by atoms with Crippen molar-refractivity contribution in [3.05, 3.63) is 29.3 Å². The van der Waals surface area contributed by atoms with Crippen molar-refractivity contribution in [3.8, 4) is 5.75 Å². The fourth-order valence-corrected chi connectivity index (χ4v) is 1.38. The van der Waals surface area contributed by atoms with Crippen LogP contribution in [0.15, 0.2) is 18.2 Å². The van der Waals surface area contributed by atoms with E-state index in [-0.39, 0.29) is 11.3 Å². The molecule has 1 N–H and O–H groups in total. The summed E-state index contributed by atoms with van der Waals surface area (Å²) in [5.74, 6) is -1.69. The van der Waals surface area contributed by atoms with E-state index in [4.69, 9.17) is 5.11 Å². The Morgan fingerprint density at radius 3 is 2.50 bits per heavy atom. The van der Waals surface area contributed by atoms with Crippen molar-refractivity contribution in [2.24, 2.45) is 0 Å². The highest BCUT2D eigenvalue weighted by molar-refractivity contribution is 5.71. The second-order valence-corrected chi connectivity index (χ2v) is 3.06. The van der Waals surface area contributed by atoms with Crippen LogP contribution >= 0.6 is 0 Å². The van der Waals surface area contributed by atoms with Crippen molar-refractivity contribution in [2.45, 2.75) is 12.6 Å². The molecule has 0 aliphatic rings. The number of hydrogen-bond donors (Lipinski definition) is 1. The van der Waals surface area contributed by atoms with Crippen LogP contribution in [0, 0.1) is 0 Å². The van der Waals surface area contributed by atoms with E-state index in [0.717, 1.165) is 19.2 Å². The lowest BCUT2D eigenvalue weighted by molar-refractivity contribution is -0.140. The van der Waals surface area contributed by atoms with E-state index in [1.807, 2.05) is 0 Å². The van der Waals surface area contributed by atoms with Gasteiger partial charge in [-0.3, -0.25) is 4.79 Å². The number of benzene rings is 1. The summed E-state index contributed by atoms with van der Waals surface area (Å²) in [6, 6.07) is 3.60. The van der Waals surface area contributed by atoms with Crippen molar-refractivity contribution in [1.82, 2.24) is 0 Å². The minimum absolute atomic E-state index is 0.306. The Labute approximate surface area is 89.5 Å². The van der Waals surface area contributed by atoms with E-state index in [9.17, 15) is 18.0 Å². The van der Waals surface area contributed by atoms with Crippen LogP contribution in [0.25, 0.3) is 0 Å². The van der Waals surface area contributed by atoms with E-state index in [2.05, 4.69) is 4.74 Å². The number of aliphatic carboxylic acids is 1. The molecule has 0 bridgehead atoms. The van der Waals surface area contributed by atoms with E-state index in [1.54, 1.807) is 0 Å². The molecule has 0 aromatic heterocycles. The van der Waals surface area contributed by atoms with Crippen molar-refractivity contribution in [1.29, 1.82) is 0 Å². The molecule has 0 saturated carbocycles. The third kappa shape index (κ3) is 2.65. The molecule has 0 aliphatic carbocycles. The van der Waals surface area contributed by atoms with E-state index >= 15 is 0 Å². The van der Waals surface area contributed by atoms with Gasteiger partial charge in [0.05, 0.1) is 13.5 Å². The van der Waals surface area contributed by atoms with Crippen LogP contribution in [-0.4, -0.2) is 18.2 Å². The molecule has 0 atom stereocenters. The molecule has 3 nitrogen and oxygen atoms in total. The van der Waals surface area contributed by atoms with Crippen molar-refractivity contribution >= 4 is 5.97 Å². The van der Waals surface area contributed by atoms with Gasteiger partial charge in [-0.2, -0.15) is 13.2 Å². The maximum Gasteiger partial charge on any atom is 0.420 e. The van der Waals surface area contributed by atoms with E-state index < -0.39 is 24.1 Å². The molecule has 6 heteroatoms. The van der Waals surface area contributed by atoms with Crippen LogP contribution < -0.4 is 4.74 Å². The number of hydrogen-bond acceptors (Lipinski definition) is 2. The molecule has 1 aromatic rings. The molecule has 0 saturated heterocycles. The highest BCUT2D eigenvalue weighted by Crippen LogP contribution is 2.38. The number of alkyl halides is 3. The van der Waals surface area contributed by atoms with Gasteiger partial charge in [-0.05, 0) is 11.6 Å². The summed E-state index contributed by atoms with van der Waals surface area (Å²) in [6.45, 7) is 0. The fraction of sp³-hybridized carbons (Fsp3) is 0.300. The Morgan fingerprint density at radius 1 is 1.44 bits per heavy atom. The molecule has 0 aliphatic heterocycles. The van der Waals surface area contributed by atoms with Crippen LogP contribution in [0.5, 0.6) is 5.75 Å². The first-order valence-electron chi connectivity index (χ1n) is 4.31. The van der Waals surface area contributed by atoms with Gasteiger partial charge in [-0.15, -0.1) is 0 Å². The van der Waals surface area contributed by atoms with Gasteiger partial charge in [0.25, 0.3) is 0 Å². The van der Waals surface area contributed by atoms with Crippen molar-refractivity contribution in [2.75, 3.05) is 7.11 Å². The summed E-state index contributed by atoms with van der Waals surface area (Å²) < 4.78 is 42.6. The number of carboxylic acids is 1. The van der Waals surface area contributed by atoms with Gasteiger partial charge in [0.1, 0.15) is 11.3 Å². The first-order valence-corrected chi connectivity index (χ1v) is 4.31. The molecule has 88 valence electrons. The van der Waals surface area contributed by atoms with Crippen LogP contribution in [-0.2, 0) is 17.4 Å². The summed E-state index contributed by atoms with van der Waals surface area (Å²) in [4.78, 5) is 10.4. The van der Waals surface area contributed by atoms with Gasteiger partial charge in [-0.25, -0.2) is 0 Å². The number of carboxylic acid groups (broad SMARTS) is 1. The SMILES string of the molecule is COc1cccc(CC(=O)O)c1C(F)(F)F. The zero-order chi connectivity index (χ0) is 12.3. The second kappa shape index (κ2) is 4.42. The van der Waals surface area contributed by atoms with Gasteiger partial charge < -0.3 is 9.84 Å². The van der Waals surface area contributed by atoms with Gasteiger partial charge in [0.2, 0.25) is 0 Å². The monoisotopic (exact) mass is 234 g/mol. The predicted octanol–water partition coefficient (Wildman–Crippen LogP) is 2.34. The Balaban J connectivity index is 3.32. The van der Waals surface area contributed by atoms with Crippen LogP contribution in [0.1, 0.15) is 11.1 Å². The molecule has 0 spiro atoms. The first-order chi connectivity index (χ1) is 7.36. The predicted molar refractivity (Wildman–Crippen MR) is 49.3 cm³/mol. The summed E-state index contributed by atoms with van der Waals surface area (Å²) in [7, 11) is 1.11. The highest BCUT2D eigenvalue weighted by atomic mass is 19.4. The Bertz CT molecular complexity index is 399. The quantitative estimate of drug-likeness (QED) is 0.873. The zero-order valence-electron chi connectivity index (χ0n) is 8.34. The molecule has 0 amide bonds. The molecule has 0 heterocycles. The minimum atomic E-state index is -4.63. The smallest absolute Gasteiger partial charge is 0.420 e. The van der Waals surface area contributed by atoms with Crippen molar-refractivity contribution < 1.29 is 27.8 Å². The fourth-order valence-electron chi connectivity index (χ4n) is 1.38. The van der Waals surface area contributed by atoms with E-state index in [0.29, 0.717) is 0 Å². The third-order valence-corrected chi connectivity index (χ3v) is 1.96. The molecular formula is C10H9F3O3. The van der Waals surface area contributed by atoms with Gasteiger partial charge in [0.15, 0.2) is 0 Å². The highest BCUT2D eigenvalue weighted by Gasteiger charge is 2.37. The molecule has 0 fully saturated rings. The van der Waals surface area contributed by atoms with Gasteiger partial charge in [0, 0.05) is 0 Å². The summed E-state index contributed by atoms with van der Waals surface area (Å²) in [6.07, 6.45) is -5.32. The number of methoxy groups -OCH3 is 1. The maximum absolute atomic E-state index is 12.7. The first kappa shape index (κ1) is 12.4. The molecule has 0 unspecified atom stereocenters. The Hall–Kier alpha value is -1.72. The Kier molecular flexibility index (Phi) is 3.41. The molecule has 1 rings (SSSR count). The normalized spacial score (nSPS) is 11.2. The number of rotatable bonds is 3. The average molecular weight is 234 g/mol. The third-order valence-electron chi connectivity index (χ3n) is 1.96. The summed E-state index contributed by atoms with van der Waals surface area (Å²) in [5.41, 5.74) is -1.33. The van der Waals surface area contributed by atoms with Crippen molar-refractivity contribution in [3.63, 3.8) is 0 Å². The van der Waals surface area contributed by atoms with Gasteiger partial charge >= 0.3 is 12.1 Å². The molecule has 0 radical (unpaired) electrons. The molecular weight excluding hydrogens is 225 g/mol. The topological polar surface area (TPSA) is 46.5 Å². The standard InChI is InChI=1S/C10H9F3O3/c1-16-7-4-2-3-6(5-8(14)15)9(7)10(11,12)13/h2-4H,5H2,1H3,(H,14,15). The van der Waals surface area contributed by atoms with Gasteiger partial charge in [-0.1, -0.05) is 12.1 Å². The lowest BCUT2D eigenvalue weighted by Gasteiger charge is -2.15. The average Bonchev–Trinajstić information content (AvgIpc) is 2.14. The lowest BCUT2D eigenvalue weighted by atomic mass is 10.0. The zero-order valence-corrected chi connectivity index (χ0v) is 8.34. The molecule has 1 aromatic carbocycles. The molecule has 16 heavy (non-hydrogen) atoms. The number of halogens is 3. The maximum atomic E-state index is 12.7. The summed E-state index contributed by atoms with van der Waals surface area (Å²) in [5, 5.41) is 8.51. The second-order valence-electron chi connectivity index (χ2n) is 3.06.